The lowest BCUT2D eigenvalue weighted by Gasteiger charge is -2.23. The van der Waals surface area contributed by atoms with Crippen LogP contribution in [0.2, 0.25) is 0 Å². The third-order valence-corrected chi connectivity index (χ3v) is 3.46. The highest BCUT2D eigenvalue weighted by Gasteiger charge is 2.17. The van der Waals surface area contributed by atoms with Gasteiger partial charge in [-0.2, -0.15) is 0 Å². The minimum Gasteiger partial charge on any atom is -0.342 e. The number of carbonyl (C=O) groups is 1. The van der Waals surface area contributed by atoms with E-state index in [2.05, 4.69) is 5.32 Å². The Hall–Kier alpha value is -1.95. The third kappa shape index (κ3) is 5.15. The number of amides is 1. The van der Waals surface area contributed by atoms with Gasteiger partial charge < -0.3 is 10.2 Å². The van der Waals surface area contributed by atoms with Crippen LogP contribution in [0.15, 0.2) is 24.3 Å². The topological polar surface area (TPSA) is 75.5 Å². The van der Waals surface area contributed by atoms with Crippen LogP contribution in [0.5, 0.6) is 0 Å². The number of nitro groups is 1. The van der Waals surface area contributed by atoms with E-state index < -0.39 is 4.92 Å². The zero-order valence-electron chi connectivity index (χ0n) is 12.8. The molecule has 0 bridgehead atoms. The molecule has 0 heterocycles. The summed E-state index contributed by atoms with van der Waals surface area (Å²) < 4.78 is 0. The van der Waals surface area contributed by atoms with E-state index in [9.17, 15) is 14.9 Å². The van der Waals surface area contributed by atoms with Gasteiger partial charge in [0.25, 0.3) is 5.69 Å². The van der Waals surface area contributed by atoms with E-state index in [1.165, 1.54) is 12.1 Å². The lowest BCUT2D eigenvalue weighted by molar-refractivity contribution is -0.384. The van der Waals surface area contributed by atoms with Crippen LogP contribution in [0.1, 0.15) is 26.3 Å². The first-order valence-corrected chi connectivity index (χ1v) is 7.25. The van der Waals surface area contributed by atoms with E-state index in [-0.39, 0.29) is 17.6 Å². The molecule has 1 amide bonds. The average molecular weight is 293 g/mol. The first-order chi connectivity index (χ1) is 9.99. The Labute approximate surface area is 125 Å². The second-order valence-corrected chi connectivity index (χ2v) is 4.86. The Morgan fingerprint density at radius 3 is 2.33 bits per heavy atom. The number of nitrogens with one attached hydrogen (secondary N) is 1. The standard InChI is InChI=1S/C15H23N3O3/c1-4-17(5-2)15(19)12(3)16-11-10-13-6-8-14(9-7-13)18(20)21/h6-9,12,16H,4-5,10-11H2,1-3H3. The Morgan fingerprint density at radius 1 is 1.29 bits per heavy atom. The zero-order chi connectivity index (χ0) is 15.8. The van der Waals surface area contributed by atoms with Gasteiger partial charge in [0, 0.05) is 25.2 Å². The number of rotatable bonds is 8. The van der Waals surface area contributed by atoms with Crippen molar-refractivity contribution in [3.8, 4) is 0 Å². The second-order valence-electron chi connectivity index (χ2n) is 4.86. The van der Waals surface area contributed by atoms with Crippen molar-refractivity contribution in [1.82, 2.24) is 10.2 Å². The molecule has 1 atom stereocenters. The molecule has 1 unspecified atom stereocenters. The summed E-state index contributed by atoms with van der Waals surface area (Å²) in [4.78, 5) is 24.0. The van der Waals surface area contributed by atoms with E-state index in [0.29, 0.717) is 19.6 Å². The highest BCUT2D eigenvalue weighted by Crippen LogP contribution is 2.12. The Balaban J connectivity index is 2.42. The highest BCUT2D eigenvalue weighted by molar-refractivity contribution is 5.81. The molecule has 0 aliphatic rings. The predicted octanol–water partition coefficient (Wildman–Crippen LogP) is 1.98. The van der Waals surface area contributed by atoms with Gasteiger partial charge in [0.1, 0.15) is 0 Å². The minimum absolute atomic E-state index is 0.0942. The largest absolute Gasteiger partial charge is 0.342 e. The Kier molecular flexibility index (Phi) is 6.81. The van der Waals surface area contributed by atoms with E-state index >= 15 is 0 Å². The molecule has 0 saturated carbocycles. The fourth-order valence-electron chi connectivity index (χ4n) is 2.11. The summed E-state index contributed by atoms with van der Waals surface area (Å²) in [6.07, 6.45) is 0.730. The summed E-state index contributed by atoms with van der Waals surface area (Å²) >= 11 is 0. The summed E-state index contributed by atoms with van der Waals surface area (Å²) in [5, 5.41) is 13.8. The lowest BCUT2D eigenvalue weighted by atomic mass is 10.1. The summed E-state index contributed by atoms with van der Waals surface area (Å²) in [7, 11) is 0. The van der Waals surface area contributed by atoms with Gasteiger partial charge in [-0.25, -0.2) is 0 Å². The van der Waals surface area contributed by atoms with Gasteiger partial charge in [-0.3, -0.25) is 14.9 Å². The van der Waals surface area contributed by atoms with Crippen LogP contribution in [0.4, 0.5) is 5.69 Å². The van der Waals surface area contributed by atoms with E-state index in [0.717, 1.165) is 12.0 Å². The Morgan fingerprint density at radius 2 is 1.86 bits per heavy atom. The number of hydrogen-bond acceptors (Lipinski definition) is 4. The molecule has 1 aromatic carbocycles. The van der Waals surface area contributed by atoms with E-state index in [1.807, 2.05) is 20.8 Å². The number of non-ortho nitro benzene ring substituents is 1. The monoisotopic (exact) mass is 293 g/mol. The molecular weight excluding hydrogens is 270 g/mol. The molecule has 0 spiro atoms. The molecule has 0 fully saturated rings. The van der Waals surface area contributed by atoms with Gasteiger partial charge in [-0.15, -0.1) is 0 Å². The van der Waals surface area contributed by atoms with E-state index in [4.69, 9.17) is 0 Å². The molecule has 0 radical (unpaired) electrons. The second kappa shape index (κ2) is 8.36. The maximum absolute atomic E-state index is 12.1. The van der Waals surface area contributed by atoms with Crippen molar-refractivity contribution in [2.75, 3.05) is 19.6 Å². The van der Waals surface area contributed by atoms with Gasteiger partial charge in [0.15, 0.2) is 0 Å². The van der Waals surface area contributed by atoms with Gasteiger partial charge in [-0.05, 0) is 39.3 Å². The van der Waals surface area contributed by atoms with Crippen LogP contribution in [0, 0.1) is 10.1 Å². The quantitative estimate of drug-likeness (QED) is 0.587. The minimum atomic E-state index is -0.410. The molecule has 6 heteroatoms. The summed E-state index contributed by atoms with van der Waals surface area (Å²) in [5.41, 5.74) is 1.10. The summed E-state index contributed by atoms with van der Waals surface area (Å²) in [6, 6.07) is 6.27. The van der Waals surface area contributed by atoms with Crippen molar-refractivity contribution in [1.29, 1.82) is 0 Å². The molecule has 1 rings (SSSR count). The fourth-order valence-corrected chi connectivity index (χ4v) is 2.11. The van der Waals surface area contributed by atoms with Gasteiger partial charge in [0.2, 0.25) is 5.91 Å². The first-order valence-electron chi connectivity index (χ1n) is 7.25. The normalized spacial score (nSPS) is 12.0. The number of carbonyl (C=O) groups excluding carboxylic acids is 1. The van der Waals surface area contributed by atoms with Crippen LogP contribution in [-0.4, -0.2) is 41.4 Å². The van der Waals surface area contributed by atoms with Gasteiger partial charge in [-0.1, -0.05) is 12.1 Å². The van der Waals surface area contributed by atoms with Gasteiger partial charge >= 0.3 is 0 Å². The number of nitrogens with zero attached hydrogens (tertiary/aromatic N) is 2. The van der Waals surface area contributed by atoms with Crippen molar-refractivity contribution in [2.24, 2.45) is 0 Å². The maximum Gasteiger partial charge on any atom is 0.269 e. The highest BCUT2D eigenvalue weighted by atomic mass is 16.6. The molecule has 1 aromatic rings. The molecule has 0 aliphatic carbocycles. The number of likely N-dealkylation sites (N-methyl/N-ethyl adjacent to an activating group) is 1. The fraction of sp³-hybridized carbons (Fsp3) is 0.533. The Bertz CT molecular complexity index is 470. The van der Waals surface area contributed by atoms with Crippen LogP contribution < -0.4 is 5.32 Å². The van der Waals surface area contributed by atoms with Crippen LogP contribution in [0.25, 0.3) is 0 Å². The number of hydrogen-bond donors (Lipinski definition) is 1. The lowest BCUT2D eigenvalue weighted by Crippen LogP contribution is -2.45. The van der Waals surface area contributed by atoms with Crippen molar-refractivity contribution in [3.05, 3.63) is 39.9 Å². The van der Waals surface area contributed by atoms with Crippen molar-refractivity contribution >= 4 is 11.6 Å². The smallest absolute Gasteiger partial charge is 0.269 e. The van der Waals surface area contributed by atoms with Crippen LogP contribution >= 0.6 is 0 Å². The molecule has 0 aromatic heterocycles. The molecule has 1 N–H and O–H groups in total. The predicted molar refractivity (Wildman–Crippen MR) is 82.2 cm³/mol. The molecular formula is C15H23N3O3. The maximum atomic E-state index is 12.1. The number of nitro benzene ring substituents is 1. The molecule has 116 valence electrons. The third-order valence-electron chi connectivity index (χ3n) is 3.46. The summed E-state index contributed by atoms with van der Waals surface area (Å²) in [5.74, 6) is 0.101. The average Bonchev–Trinajstić information content (AvgIpc) is 2.48. The van der Waals surface area contributed by atoms with Crippen molar-refractivity contribution in [2.45, 2.75) is 33.2 Å². The molecule has 0 aliphatic heterocycles. The zero-order valence-corrected chi connectivity index (χ0v) is 12.8. The number of benzene rings is 1. The first kappa shape index (κ1) is 17.1. The SMILES string of the molecule is CCN(CC)C(=O)C(C)NCCc1ccc([N+](=O)[O-])cc1. The molecule has 6 nitrogen and oxygen atoms in total. The van der Waals surface area contributed by atoms with Crippen LogP contribution in [0.3, 0.4) is 0 Å². The van der Waals surface area contributed by atoms with Crippen LogP contribution in [-0.2, 0) is 11.2 Å². The van der Waals surface area contributed by atoms with Crippen molar-refractivity contribution in [3.63, 3.8) is 0 Å². The van der Waals surface area contributed by atoms with Gasteiger partial charge in [0.05, 0.1) is 11.0 Å². The summed E-state index contributed by atoms with van der Waals surface area (Å²) in [6.45, 7) is 7.87. The molecule has 21 heavy (non-hydrogen) atoms. The van der Waals surface area contributed by atoms with Crippen molar-refractivity contribution < 1.29 is 9.72 Å². The molecule has 0 saturated heterocycles. The van der Waals surface area contributed by atoms with E-state index in [1.54, 1.807) is 17.0 Å².